The zero-order chi connectivity index (χ0) is 16.9. The Bertz CT molecular complexity index is 652. The SMILES string of the molecule is CC(C)(C)CCC(=O)Sc1cc(C(=O)N=[N+]=[N-])c(F)cc1Br. The topological polar surface area (TPSA) is 82.9 Å². The molecule has 1 aromatic carbocycles. The van der Waals surface area contributed by atoms with Gasteiger partial charge >= 0.3 is 0 Å². The second kappa shape index (κ2) is 7.76. The Morgan fingerprint density at radius 3 is 2.59 bits per heavy atom. The number of azide groups is 1. The molecule has 0 aliphatic carbocycles. The number of nitrogens with zero attached hydrogens (tertiary/aromatic N) is 3. The Labute approximate surface area is 140 Å². The van der Waals surface area contributed by atoms with Crippen LogP contribution in [0.2, 0.25) is 0 Å². The molecule has 0 N–H and O–H groups in total. The Balaban J connectivity index is 2.95. The minimum Gasteiger partial charge on any atom is -0.287 e. The fourth-order valence-corrected chi connectivity index (χ4v) is 2.86. The van der Waals surface area contributed by atoms with Crippen molar-refractivity contribution in [2.45, 2.75) is 38.5 Å². The van der Waals surface area contributed by atoms with Crippen molar-refractivity contribution in [1.82, 2.24) is 0 Å². The predicted octanol–water partition coefficient (Wildman–Crippen LogP) is 5.48. The summed E-state index contributed by atoms with van der Waals surface area (Å²) in [6.45, 7) is 6.11. The summed E-state index contributed by atoms with van der Waals surface area (Å²) < 4.78 is 14.1. The lowest BCUT2D eigenvalue weighted by Gasteiger charge is -2.16. The van der Waals surface area contributed by atoms with E-state index in [-0.39, 0.29) is 16.1 Å². The molecule has 0 heterocycles. The first-order valence-corrected chi connectivity index (χ1v) is 8.04. The summed E-state index contributed by atoms with van der Waals surface area (Å²) in [5, 5.41) is 2.79. The van der Waals surface area contributed by atoms with Gasteiger partial charge in [0.05, 0.1) is 5.56 Å². The van der Waals surface area contributed by atoms with Gasteiger partial charge in [0.15, 0.2) is 5.12 Å². The highest BCUT2D eigenvalue weighted by Crippen LogP contribution is 2.33. The summed E-state index contributed by atoms with van der Waals surface area (Å²) in [7, 11) is 0. The van der Waals surface area contributed by atoms with E-state index in [1.165, 1.54) is 6.07 Å². The van der Waals surface area contributed by atoms with Crippen LogP contribution in [0.1, 0.15) is 44.0 Å². The van der Waals surface area contributed by atoms with Gasteiger partial charge in [-0.1, -0.05) is 32.5 Å². The summed E-state index contributed by atoms with van der Waals surface area (Å²) in [6.07, 6.45) is 1.10. The standard InChI is InChI=1S/C14H15BrFN3O2S/c1-14(2,3)5-4-12(20)22-11-6-8(13(21)18-19-17)10(16)7-9(11)15/h6-7H,4-5H2,1-3H3. The fraction of sp³-hybridized carbons (Fsp3) is 0.429. The highest BCUT2D eigenvalue weighted by molar-refractivity contribution is 9.10. The molecule has 0 unspecified atom stereocenters. The van der Waals surface area contributed by atoms with E-state index in [1.807, 2.05) is 20.8 Å². The lowest BCUT2D eigenvalue weighted by atomic mass is 9.91. The maximum Gasteiger partial charge on any atom is 0.252 e. The molecular formula is C14H15BrFN3O2S. The van der Waals surface area contributed by atoms with Crippen LogP contribution >= 0.6 is 27.7 Å². The molecule has 1 rings (SSSR count). The number of benzene rings is 1. The predicted molar refractivity (Wildman–Crippen MR) is 87.1 cm³/mol. The molecule has 1 amide bonds. The van der Waals surface area contributed by atoms with E-state index < -0.39 is 11.7 Å². The van der Waals surface area contributed by atoms with Crippen molar-refractivity contribution in [3.8, 4) is 0 Å². The van der Waals surface area contributed by atoms with Crippen LogP contribution in [-0.2, 0) is 4.79 Å². The van der Waals surface area contributed by atoms with Crippen molar-refractivity contribution >= 4 is 38.7 Å². The molecule has 0 atom stereocenters. The molecule has 0 bridgehead atoms. The van der Waals surface area contributed by atoms with Gasteiger partial charge in [-0.2, -0.15) is 0 Å². The van der Waals surface area contributed by atoms with Crippen molar-refractivity contribution in [1.29, 1.82) is 0 Å². The number of carbonyl (C=O) groups is 2. The molecule has 0 aliphatic rings. The normalized spacial score (nSPS) is 11.0. The van der Waals surface area contributed by atoms with Gasteiger partial charge in [-0.3, -0.25) is 9.59 Å². The third kappa shape index (κ3) is 5.79. The highest BCUT2D eigenvalue weighted by atomic mass is 79.9. The molecule has 0 saturated heterocycles. The van der Waals surface area contributed by atoms with Crippen LogP contribution in [0.25, 0.3) is 10.4 Å². The minimum atomic E-state index is -1.02. The zero-order valence-corrected chi connectivity index (χ0v) is 14.8. The maximum absolute atomic E-state index is 13.7. The third-order valence-corrected chi connectivity index (χ3v) is 4.60. The number of rotatable bonds is 4. The number of amides is 1. The van der Waals surface area contributed by atoms with E-state index in [9.17, 15) is 14.0 Å². The zero-order valence-electron chi connectivity index (χ0n) is 12.4. The fourth-order valence-electron chi connectivity index (χ4n) is 1.52. The molecule has 0 saturated carbocycles. The first-order valence-electron chi connectivity index (χ1n) is 6.43. The molecule has 118 valence electrons. The minimum absolute atomic E-state index is 0.0406. The van der Waals surface area contributed by atoms with E-state index in [0.717, 1.165) is 24.2 Å². The molecule has 0 radical (unpaired) electrons. The largest absolute Gasteiger partial charge is 0.287 e. The van der Waals surface area contributed by atoms with Gasteiger partial charge in [-0.15, -0.1) is 0 Å². The average molecular weight is 388 g/mol. The first kappa shape index (κ1) is 18.7. The van der Waals surface area contributed by atoms with E-state index in [0.29, 0.717) is 15.8 Å². The van der Waals surface area contributed by atoms with Crippen molar-refractivity contribution in [2.24, 2.45) is 10.5 Å². The average Bonchev–Trinajstić information content (AvgIpc) is 2.39. The van der Waals surface area contributed by atoms with Gasteiger partial charge in [-0.05, 0) is 50.5 Å². The van der Waals surface area contributed by atoms with Crippen LogP contribution < -0.4 is 0 Å². The smallest absolute Gasteiger partial charge is 0.252 e. The van der Waals surface area contributed by atoms with Crippen molar-refractivity contribution in [2.75, 3.05) is 0 Å². The van der Waals surface area contributed by atoms with Crippen LogP contribution in [0.5, 0.6) is 0 Å². The molecular weight excluding hydrogens is 373 g/mol. The lowest BCUT2D eigenvalue weighted by molar-refractivity contribution is -0.111. The second-order valence-electron chi connectivity index (χ2n) is 5.79. The Morgan fingerprint density at radius 2 is 2.05 bits per heavy atom. The number of hydrogen-bond donors (Lipinski definition) is 0. The summed E-state index contributed by atoms with van der Waals surface area (Å²) in [6, 6.07) is 2.30. The summed E-state index contributed by atoms with van der Waals surface area (Å²) in [4.78, 5) is 26.2. The number of carbonyl (C=O) groups excluding carboxylic acids is 2. The van der Waals surface area contributed by atoms with Crippen molar-refractivity contribution in [3.63, 3.8) is 0 Å². The van der Waals surface area contributed by atoms with E-state index in [1.54, 1.807) is 0 Å². The number of halogens is 2. The number of hydrogen-bond acceptors (Lipinski definition) is 3. The van der Waals surface area contributed by atoms with Gasteiger partial charge in [0, 0.05) is 20.7 Å². The van der Waals surface area contributed by atoms with E-state index in [4.69, 9.17) is 5.53 Å². The van der Waals surface area contributed by atoms with Crippen LogP contribution in [0.15, 0.2) is 26.6 Å². The molecule has 0 aliphatic heterocycles. The Hall–Kier alpha value is -1.37. The molecule has 8 heteroatoms. The highest BCUT2D eigenvalue weighted by Gasteiger charge is 2.18. The van der Waals surface area contributed by atoms with Gasteiger partial charge < -0.3 is 0 Å². The molecule has 0 spiro atoms. The maximum atomic E-state index is 13.7. The number of thioether (sulfide) groups is 1. The summed E-state index contributed by atoms with van der Waals surface area (Å²) in [5.74, 6) is -1.83. The van der Waals surface area contributed by atoms with Crippen molar-refractivity contribution in [3.05, 3.63) is 38.4 Å². The van der Waals surface area contributed by atoms with Gasteiger partial charge in [0.2, 0.25) is 0 Å². The van der Waals surface area contributed by atoms with Crippen LogP contribution in [0.4, 0.5) is 4.39 Å². The van der Waals surface area contributed by atoms with E-state index >= 15 is 0 Å². The lowest BCUT2D eigenvalue weighted by Crippen LogP contribution is -2.07. The molecule has 0 aromatic heterocycles. The Kier molecular flexibility index (Phi) is 6.59. The first-order chi connectivity index (χ1) is 10.1. The van der Waals surface area contributed by atoms with Gasteiger partial charge in [-0.25, -0.2) is 4.39 Å². The van der Waals surface area contributed by atoms with Gasteiger partial charge in [0.25, 0.3) is 5.91 Å². The second-order valence-corrected chi connectivity index (χ2v) is 7.75. The molecule has 22 heavy (non-hydrogen) atoms. The summed E-state index contributed by atoms with van der Waals surface area (Å²) in [5.41, 5.74) is 7.94. The van der Waals surface area contributed by atoms with Crippen LogP contribution in [0.3, 0.4) is 0 Å². The summed E-state index contributed by atoms with van der Waals surface area (Å²) >= 11 is 4.09. The third-order valence-electron chi connectivity index (χ3n) is 2.69. The van der Waals surface area contributed by atoms with Gasteiger partial charge in [0.1, 0.15) is 5.82 Å². The Morgan fingerprint density at radius 1 is 1.41 bits per heavy atom. The molecule has 5 nitrogen and oxygen atoms in total. The molecule has 1 aromatic rings. The van der Waals surface area contributed by atoms with Crippen LogP contribution in [-0.4, -0.2) is 11.0 Å². The monoisotopic (exact) mass is 387 g/mol. The van der Waals surface area contributed by atoms with E-state index in [2.05, 4.69) is 26.0 Å². The van der Waals surface area contributed by atoms with Crippen molar-refractivity contribution < 1.29 is 14.0 Å². The van der Waals surface area contributed by atoms with Crippen LogP contribution in [0, 0.1) is 11.2 Å². The molecule has 0 fully saturated rings. The quantitative estimate of drug-likeness (QED) is 0.296.